The van der Waals surface area contributed by atoms with Crippen molar-refractivity contribution in [1.82, 2.24) is 10.6 Å². The van der Waals surface area contributed by atoms with Crippen LogP contribution in [-0.2, 0) is 17.8 Å². The van der Waals surface area contributed by atoms with Gasteiger partial charge in [-0.15, -0.1) is 0 Å². The van der Waals surface area contributed by atoms with E-state index >= 15 is 0 Å². The fourth-order valence-electron chi connectivity index (χ4n) is 2.97. The number of rotatable bonds is 6. The number of para-hydroxylation sites is 1. The van der Waals surface area contributed by atoms with E-state index in [9.17, 15) is 4.79 Å². The van der Waals surface area contributed by atoms with Gasteiger partial charge in [0.2, 0.25) is 5.91 Å². The second-order valence-corrected chi connectivity index (χ2v) is 5.73. The first-order valence-electron chi connectivity index (χ1n) is 8.20. The lowest BCUT2D eigenvalue weighted by molar-refractivity contribution is -0.123. The molecule has 0 bridgehead atoms. The van der Waals surface area contributed by atoms with E-state index in [4.69, 9.17) is 9.84 Å². The Bertz CT molecular complexity index is 703. The van der Waals surface area contributed by atoms with E-state index in [1.54, 1.807) is 0 Å². The molecular weight excluding hydrogens is 304 g/mol. The molecule has 0 radical (unpaired) electrons. The molecule has 5 heteroatoms. The van der Waals surface area contributed by atoms with Gasteiger partial charge in [-0.3, -0.25) is 4.79 Å². The Kier molecular flexibility index (Phi) is 5.46. The third kappa shape index (κ3) is 3.75. The van der Waals surface area contributed by atoms with Crippen molar-refractivity contribution in [3.63, 3.8) is 0 Å². The highest BCUT2D eigenvalue weighted by Gasteiger charge is 2.25. The zero-order valence-corrected chi connectivity index (χ0v) is 13.5. The molecule has 1 amide bonds. The van der Waals surface area contributed by atoms with E-state index in [0.29, 0.717) is 12.3 Å². The highest BCUT2D eigenvalue weighted by molar-refractivity contribution is 5.84. The number of benzene rings is 2. The summed E-state index contributed by atoms with van der Waals surface area (Å²) in [7, 11) is 0. The van der Waals surface area contributed by atoms with E-state index in [2.05, 4.69) is 16.7 Å². The van der Waals surface area contributed by atoms with Crippen LogP contribution in [0.1, 0.15) is 22.7 Å². The van der Waals surface area contributed by atoms with E-state index in [-0.39, 0.29) is 25.2 Å². The fraction of sp³-hybridized carbons (Fsp3) is 0.316. The maximum absolute atomic E-state index is 12.6. The van der Waals surface area contributed by atoms with E-state index in [1.807, 2.05) is 42.5 Å². The number of amides is 1. The Hall–Kier alpha value is -2.37. The topological polar surface area (TPSA) is 70.6 Å². The average Bonchev–Trinajstić information content (AvgIpc) is 2.64. The normalized spacial score (nSPS) is 16.3. The minimum absolute atomic E-state index is 0.0382. The summed E-state index contributed by atoms with van der Waals surface area (Å²) >= 11 is 0. The first-order chi connectivity index (χ1) is 11.8. The lowest BCUT2D eigenvalue weighted by atomic mass is 9.94. The van der Waals surface area contributed by atoms with E-state index < -0.39 is 0 Å². The van der Waals surface area contributed by atoms with Crippen LogP contribution in [0.4, 0.5) is 0 Å². The second-order valence-electron chi connectivity index (χ2n) is 5.73. The number of carbonyl (C=O) groups is 1. The summed E-state index contributed by atoms with van der Waals surface area (Å²) in [6.07, 6.45) is 0.942. The van der Waals surface area contributed by atoms with Crippen LogP contribution in [0.25, 0.3) is 0 Å². The SMILES string of the molecule is O=C(NCc1ccccc1OCCO)C1NCCc2ccccc21. The zero-order valence-electron chi connectivity index (χ0n) is 13.5. The molecule has 126 valence electrons. The molecule has 0 fully saturated rings. The molecule has 0 saturated heterocycles. The number of aliphatic hydroxyl groups excluding tert-OH is 1. The van der Waals surface area contributed by atoms with Gasteiger partial charge in [0.25, 0.3) is 0 Å². The van der Waals surface area contributed by atoms with Crippen LogP contribution in [0.5, 0.6) is 5.75 Å². The van der Waals surface area contributed by atoms with Gasteiger partial charge in [0.05, 0.1) is 6.61 Å². The molecule has 24 heavy (non-hydrogen) atoms. The third-order valence-corrected chi connectivity index (χ3v) is 4.15. The molecule has 0 spiro atoms. The van der Waals surface area contributed by atoms with E-state index in [0.717, 1.165) is 24.1 Å². The van der Waals surface area contributed by atoms with Crippen molar-refractivity contribution in [3.05, 3.63) is 65.2 Å². The van der Waals surface area contributed by atoms with Gasteiger partial charge < -0.3 is 20.5 Å². The molecule has 2 aromatic carbocycles. The average molecular weight is 326 g/mol. The Morgan fingerprint density at radius 1 is 1.21 bits per heavy atom. The van der Waals surface area contributed by atoms with Crippen molar-refractivity contribution in [1.29, 1.82) is 0 Å². The van der Waals surface area contributed by atoms with Crippen LogP contribution < -0.4 is 15.4 Å². The first kappa shape index (κ1) is 16.5. The maximum Gasteiger partial charge on any atom is 0.242 e. The summed E-state index contributed by atoms with van der Waals surface area (Å²) in [6.45, 7) is 1.39. The van der Waals surface area contributed by atoms with Gasteiger partial charge >= 0.3 is 0 Å². The molecule has 0 aliphatic carbocycles. The lowest BCUT2D eigenvalue weighted by Gasteiger charge is -2.26. The van der Waals surface area contributed by atoms with Crippen molar-refractivity contribution < 1.29 is 14.6 Å². The summed E-state index contributed by atoms with van der Waals surface area (Å²) in [4.78, 5) is 12.6. The number of ether oxygens (including phenoxy) is 1. The van der Waals surface area contributed by atoms with Crippen LogP contribution in [0.15, 0.2) is 48.5 Å². The predicted octanol–water partition coefficient (Wildman–Crippen LogP) is 1.56. The first-order valence-corrected chi connectivity index (χ1v) is 8.20. The number of hydrogen-bond acceptors (Lipinski definition) is 4. The molecule has 1 unspecified atom stereocenters. The van der Waals surface area contributed by atoms with Crippen LogP contribution >= 0.6 is 0 Å². The number of fused-ring (bicyclic) bond motifs is 1. The molecule has 0 saturated carbocycles. The van der Waals surface area contributed by atoms with Gasteiger partial charge in [0.1, 0.15) is 18.4 Å². The standard InChI is InChI=1S/C19H22N2O3/c22-11-12-24-17-8-4-2-6-15(17)13-21-19(23)18-16-7-3-1-5-14(16)9-10-20-18/h1-8,18,20,22H,9-13H2,(H,21,23). The monoisotopic (exact) mass is 326 g/mol. The predicted molar refractivity (Wildman–Crippen MR) is 91.8 cm³/mol. The van der Waals surface area contributed by atoms with Gasteiger partial charge in [-0.25, -0.2) is 0 Å². The number of hydrogen-bond donors (Lipinski definition) is 3. The van der Waals surface area contributed by atoms with Gasteiger partial charge in [0.15, 0.2) is 0 Å². The molecule has 1 atom stereocenters. The molecular formula is C19H22N2O3. The van der Waals surface area contributed by atoms with Gasteiger partial charge in [-0.2, -0.15) is 0 Å². The molecule has 0 aromatic heterocycles. The Morgan fingerprint density at radius 2 is 2.00 bits per heavy atom. The van der Waals surface area contributed by atoms with Gasteiger partial charge in [-0.05, 0) is 23.6 Å². The van der Waals surface area contributed by atoms with Crippen LogP contribution in [-0.4, -0.2) is 30.8 Å². The molecule has 1 aliphatic rings. The molecule has 5 nitrogen and oxygen atoms in total. The number of nitrogens with one attached hydrogen (secondary N) is 2. The molecule has 1 heterocycles. The highest BCUT2D eigenvalue weighted by atomic mass is 16.5. The summed E-state index contributed by atoms with van der Waals surface area (Å²) in [5.41, 5.74) is 3.16. The quantitative estimate of drug-likeness (QED) is 0.753. The third-order valence-electron chi connectivity index (χ3n) is 4.15. The van der Waals surface area contributed by atoms with Crippen molar-refractivity contribution in [2.75, 3.05) is 19.8 Å². The minimum atomic E-state index is -0.319. The molecule has 3 N–H and O–H groups in total. The van der Waals surface area contributed by atoms with Crippen molar-refractivity contribution in [2.24, 2.45) is 0 Å². The van der Waals surface area contributed by atoms with Crippen molar-refractivity contribution in [2.45, 2.75) is 19.0 Å². The Morgan fingerprint density at radius 3 is 2.88 bits per heavy atom. The smallest absolute Gasteiger partial charge is 0.242 e. The Balaban J connectivity index is 1.67. The fourth-order valence-corrected chi connectivity index (χ4v) is 2.97. The highest BCUT2D eigenvalue weighted by Crippen LogP contribution is 2.23. The number of carbonyl (C=O) groups excluding carboxylic acids is 1. The van der Waals surface area contributed by atoms with Gasteiger partial charge in [-0.1, -0.05) is 42.5 Å². The van der Waals surface area contributed by atoms with E-state index in [1.165, 1.54) is 5.56 Å². The molecule has 2 aromatic rings. The van der Waals surface area contributed by atoms with Crippen LogP contribution in [0, 0.1) is 0 Å². The Labute approximate surface area is 141 Å². The van der Waals surface area contributed by atoms with Crippen LogP contribution in [0.3, 0.4) is 0 Å². The van der Waals surface area contributed by atoms with Crippen LogP contribution in [0.2, 0.25) is 0 Å². The summed E-state index contributed by atoms with van der Waals surface area (Å²) in [6, 6.07) is 15.3. The summed E-state index contributed by atoms with van der Waals surface area (Å²) < 4.78 is 5.50. The summed E-state index contributed by atoms with van der Waals surface area (Å²) in [5.74, 6) is 0.642. The minimum Gasteiger partial charge on any atom is -0.491 e. The lowest BCUT2D eigenvalue weighted by Crippen LogP contribution is -2.41. The van der Waals surface area contributed by atoms with Crippen molar-refractivity contribution >= 4 is 5.91 Å². The summed E-state index contributed by atoms with van der Waals surface area (Å²) in [5, 5.41) is 15.2. The molecule has 3 rings (SSSR count). The zero-order chi connectivity index (χ0) is 16.8. The second kappa shape index (κ2) is 7.95. The van der Waals surface area contributed by atoms with Gasteiger partial charge in [0, 0.05) is 18.7 Å². The largest absolute Gasteiger partial charge is 0.491 e. The van der Waals surface area contributed by atoms with Crippen molar-refractivity contribution in [3.8, 4) is 5.75 Å². The number of aliphatic hydroxyl groups is 1. The molecule has 1 aliphatic heterocycles. The maximum atomic E-state index is 12.6.